The summed E-state index contributed by atoms with van der Waals surface area (Å²) < 4.78 is 6.85. The van der Waals surface area contributed by atoms with Crippen molar-refractivity contribution in [2.45, 2.75) is 18.9 Å². The third-order valence-electron chi connectivity index (χ3n) is 3.37. The molecule has 0 saturated carbocycles. The third-order valence-corrected chi connectivity index (χ3v) is 4.96. The number of piperidine rings is 1. The van der Waals surface area contributed by atoms with E-state index in [1.54, 1.807) is 12.4 Å². The van der Waals surface area contributed by atoms with E-state index in [1.807, 2.05) is 6.07 Å². The van der Waals surface area contributed by atoms with E-state index in [4.69, 9.17) is 10.5 Å². The lowest BCUT2D eigenvalue weighted by atomic mass is 10.1. The van der Waals surface area contributed by atoms with Gasteiger partial charge in [-0.25, -0.2) is 0 Å². The first-order valence-corrected chi connectivity index (χ1v) is 8.39. The van der Waals surface area contributed by atoms with Crippen molar-refractivity contribution in [1.82, 2.24) is 15.2 Å². The van der Waals surface area contributed by atoms with Gasteiger partial charge < -0.3 is 15.4 Å². The highest BCUT2D eigenvalue weighted by molar-refractivity contribution is 9.10. The molecule has 3 heterocycles. The molecule has 1 aliphatic heterocycles. The van der Waals surface area contributed by atoms with Crippen LogP contribution in [0.5, 0.6) is 5.75 Å². The molecular formula is C13H14BrN5O2S. The Balaban J connectivity index is 1.58. The van der Waals surface area contributed by atoms with Gasteiger partial charge in [-0.2, -0.15) is 0 Å². The lowest BCUT2D eigenvalue weighted by Gasteiger charge is -2.31. The number of pyridine rings is 1. The fraction of sp³-hybridized carbons (Fsp3) is 0.385. The van der Waals surface area contributed by atoms with E-state index in [0.717, 1.165) is 41.3 Å². The van der Waals surface area contributed by atoms with Gasteiger partial charge in [0.2, 0.25) is 10.1 Å². The van der Waals surface area contributed by atoms with Gasteiger partial charge in [0, 0.05) is 38.3 Å². The van der Waals surface area contributed by atoms with E-state index in [0.29, 0.717) is 0 Å². The van der Waals surface area contributed by atoms with Crippen molar-refractivity contribution in [1.29, 1.82) is 0 Å². The Morgan fingerprint density at radius 1 is 1.41 bits per heavy atom. The largest absolute Gasteiger partial charge is 0.489 e. The van der Waals surface area contributed by atoms with Crippen LogP contribution >= 0.6 is 27.3 Å². The van der Waals surface area contributed by atoms with Gasteiger partial charge >= 0.3 is 0 Å². The molecule has 2 aromatic rings. The van der Waals surface area contributed by atoms with Gasteiger partial charge in [0.25, 0.3) is 5.91 Å². The Kier molecular flexibility index (Phi) is 4.53. The molecule has 0 bridgehead atoms. The molecule has 1 fully saturated rings. The minimum absolute atomic E-state index is 0.151. The molecule has 9 heteroatoms. The summed E-state index contributed by atoms with van der Waals surface area (Å²) in [4.78, 5) is 17.2. The Hall–Kier alpha value is -1.74. The van der Waals surface area contributed by atoms with Crippen LogP contribution in [0.3, 0.4) is 0 Å². The second-order valence-corrected chi connectivity index (χ2v) is 6.67. The summed E-state index contributed by atoms with van der Waals surface area (Å²) in [6.07, 6.45) is 5.33. The van der Waals surface area contributed by atoms with Gasteiger partial charge in [-0.05, 0) is 22.0 Å². The average Bonchev–Trinajstić information content (AvgIpc) is 3.00. The summed E-state index contributed by atoms with van der Waals surface area (Å²) in [5.74, 6) is 0.268. The maximum Gasteiger partial charge on any atom is 0.279 e. The first kappa shape index (κ1) is 15.2. The van der Waals surface area contributed by atoms with Gasteiger partial charge in [-0.15, -0.1) is 10.2 Å². The number of carbonyl (C=O) groups is 1. The van der Waals surface area contributed by atoms with E-state index in [9.17, 15) is 4.79 Å². The number of nitrogens with zero attached hydrogens (tertiary/aromatic N) is 4. The fourth-order valence-corrected chi connectivity index (χ4v) is 3.34. The zero-order valence-electron chi connectivity index (χ0n) is 11.6. The SMILES string of the molecule is NC(=O)c1nnc(N2CCC(Oc3ccncc3Br)CC2)s1. The molecule has 0 radical (unpaired) electrons. The number of hydrogen-bond donors (Lipinski definition) is 1. The number of amides is 1. The van der Waals surface area contributed by atoms with E-state index >= 15 is 0 Å². The summed E-state index contributed by atoms with van der Waals surface area (Å²) in [5.41, 5.74) is 5.20. The number of aromatic nitrogens is 3. The van der Waals surface area contributed by atoms with Gasteiger partial charge in [0.1, 0.15) is 11.9 Å². The van der Waals surface area contributed by atoms with Gasteiger partial charge in [0.15, 0.2) is 0 Å². The molecule has 22 heavy (non-hydrogen) atoms. The van der Waals surface area contributed by atoms with E-state index in [-0.39, 0.29) is 11.1 Å². The molecule has 0 unspecified atom stereocenters. The zero-order valence-corrected chi connectivity index (χ0v) is 14.0. The summed E-state index contributed by atoms with van der Waals surface area (Å²) in [5, 5.41) is 8.80. The molecule has 2 N–H and O–H groups in total. The molecule has 3 rings (SSSR count). The Bertz CT molecular complexity index is 672. The minimum atomic E-state index is -0.537. The van der Waals surface area contributed by atoms with Crippen LogP contribution < -0.4 is 15.4 Å². The van der Waals surface area contributed by atoms with E-state index < -0.39 is 5.91 Å². The van der Waals surface area contributed by atoms with Crippen LogP contribution in [0.15, 0.2) is 22.9 Å². The number of primary amides is 1. The van der Waals surface area contributed by atoms with E-state index in [1.165, 1.54) is 11.3 Å². The lowest BCUT2D eigenvalue weighted by molar-refractivity contribution is 0.0999. The quantitative estimate of drug-likeness (QED) is 0.865. The highest BCUT2D eigenvalue weighted by Gasteiger charge is 2.24. The normalized spacial score (nSPS) is 15.8. The molecule has 0 aliphatic carbocycles. The van der Waals surface area contributed by atoms with Crippen LogP contribution in [0.2, 0.25) is 0 Å². The average molecular weight is 384 g/mol. The maximum atomic E-state index is 11.1. The monoisotopic (exact) mass is 383 g/mol. The van der Waals surface area contributed by atoms with Gasteiger partial charge in [-0.1, -0.05) is 11.3 Å². The molecule has 7 nitrogen and oxygen atoms in total. The van der Waals surface area contributed by atoms with Crippen molar-refractivity contribution in [2.75, 3.05) is 18.0 Å². The van der Waals surface area contributed by atoms with Crippen molar-refractivity contribution in [3.63, 3.8) is 0 Å². The lowest BCUT2D eigenvalue weighted by Crippen LogP contribution is -2.38. The fourth-order valence-electron chi connectivity index (χ4n) is 2.25. The Labute approximate surface area is 139 Å². The number of ether oxygens (including phenoxy) is 1. The van der Waals surface area contributed by atoms with Crippen molar-refractivity contribution >= 4 is 38.3 Å². The summed E-state index contributed by atoms with van der Waals surface area (Å²) in [6, 6.07) is 1.85. The topological polar surface area (TPSA) is 94.2 Å². The number of hydrogen-bond acceptors (Lipinski definition) is 7. The molecular weight excluding hydrogens is 370 g/mol. The molecule has 0 atom stereocenters. The smallest absolute Gasteiger partial charge is 0.279 e. The van der Waals surface area contributed by atoms with Crippen LogP contribution in [0, 0.1) is 0 Å². The molecule has 1 saturated heterocycles. The van der Waals surface area contributed by atoms with E-state index in [2.05, 4.69) is 36.0 Å². The molecule has 0 spiro atoms. The highest BCUT2D eigenvalue weighted by Crippen LogP contribution is 2.28. The summed E-state index contributed by atoms with van der Waals surface area (Å²) in [7, 11) is 0. The van der Waals surface area contributed by atoms with Crippen LogP contribution in [0.25, 0.3) is 0 Å². The summed E-state index contributed by atoms with van der Waals surface area (Å²) in [6.45, 7) is 1.61. The van der Waals surface area contributed by atoms with Crippen molar-refractivity contribution < 1.29 is 9.53 Å². The van der Waals surface area contributed by atoms with Crippen LogP contribution in [-0.4, -0.2) is 40.3 Å². The number of rotatable bonds is 4. The second kappa shape index (κ2) is 6.57. The predicted molar refractivity (Wildman–Crippen MR) is 86.2 cm³/mol. The third kappa shape index (κ3) is 3.36. The van der Waals surface area contributed by atoms with Crippen molar-refractivity contribution in [3.05, 3.63) is 27.9 Å². The molecule has 2 aromatic heterocycles. The second-order valence-electron chi connectivity index (χ2n) is 4.86. The first-order valence-electron chi connectivity index (χ1n) is 6.78. The van der Waals surface area contributed by atoms with Crippen LogP contribution in [0.1, 0.15) is 22.6 Å². The standard InChI is InChI=1S/C13H14BrN5O2S/c14-9-7-16-4-1-10(9)21-8-2-5-19(6-3-8)13-18-17-12(22-13)11(15)20/h1,4,7-8H,2-3,5-6H2,(H2,15,20). The highest BCUT2D eigenvalue weighted by atomic mass is 79.9. The first-order chi connectivity index (χ1) is 10.6. The minimum Gasteiger partial charge on any atom is -0.489 e. The van der Waals surface area contributed by atoms with Crippen molar-refractivity contribution in [3.8, 4) is 5.75 Å². The predicted octanol–water partition coefficient (Wildman–Crippen LogP) is 1.84. The van der Waals surface area contributed by atoms with Crippen molar-refractivity contribution in [2.24, 2.45) is 5.73 Å². The Morgan fingerprint density at radius 2 is 2.18 bits per heavy atom. The number of carbonyl (C=O) groups excluding carboxylic acids is 1. The van der Waals surface area contributed by atoms with Gasteiger partial charge in [0.05, 0.1) is 4.47 Å². The maximum absolute atomic E-state index is 11.1. The number of anilines is 1. The molecule has 1 aliphatic rings. The molecule has 116 valence electrons. The number of halogens is 1. The molecule has 1 amide bonds. The molecule has 0 aromatic carbocycles. The van der Waals surface area contributed by atoms with Crippen LogP contribution in [-0.2, 0) is 0 Å². The Morgan fingerprint density at radius 3 is 2.82 bits per heavy atom. The van der Waals surface area contributed by atoms with Gasteiger partial charge in [-0.3, -0.25) is 9.78 Å². The number of nitrogens with two attached hydrogens (primary N) is 1. The zero-order chi connectivity index (χ0) is 15.5. The summed E-state index contributed by atoms with van der Waals surface area (Å²) >= 11 is 4.66. The van der Waals surface area contributed by atoms with Crippen LogP contribution in [0.4, 0.5) is 5.13 Å².